The largest absolute Gasteiger partial charge is 0.454 e. The van der Waals surface area contributed by atoms with Crippen molar-refractivity contribution in [1.82, 2.24) is 0 Å². The molecule has 0 spiro atoms. The number of fused-ring (bicyclic) bond motifs is 1. The predicted octanol–water partition coefficient (Wildman–Crippen LogP) is 1.20. The standard InChI is InChI=1S/C10H11BrO4/c11-4-7(12)10(13)6-1-2-8-9(3-6)15-5-14-8/h1-3,7,10,12-13H,4-5H2. The normalized spacial score (nSPS) is 17.5. The molecule has 0 saturated heterocycles. The molecule has 2 rings (SSSR count). The maximum atomic E-state index is 9.74. The zero-order valence-electron chi connectivity index (χ0n) is 7.89. The summed E-state index contributed by atoms with van der Waals surface area (Å²) in [6.07, 6.45) is -1.75. The van der Waals surface area contributed by atoms with Crippen LogP contribution in [0.5, 0.6) is 11.5 Å². The SMILES string of the molecule is OC(CBr)C(O)c1ccc2c(c1)OCO2. The second-order valence-electron chi connectivity index (χ2n) is 3.28. The van der Waals surface area contributed by atoms with Gasteiger partial charge in [0.1, 0.15) is 6.10 Å². The first-order chi connectivity index (χ1) is 7.22. The molecule has 1 aliphatic rings. The first-order valence-electron chi connectivity index (χ1n) is 4.54. The molecule has 0 radical (unpaired) electrons. The summed E-state index contributed by atoms with van der Waals surface area (Å²) in [5, 5.41) is 19.5. The summed E-state index contributed by atoms with van der Waals surface area (Å²) in [6.45, 7) is 0.204. The number of halogens is 1. The van der Waals surface area contributed by atoms with Crippen LogP contribution in [0, 0.1) is 0 Å². The highest BCUT2D eigenvalue weighted by atomic mass is 79.9. The molecule has 4 nitrogen and oxygen atoms in total. The van der Waals surface area contributed by atoms with Gasteiger partial charge in [-0.2, -0.15) is 0 Å². The molecular weight excluding hydrogens is 264 g/mol. The zero-order valence-corrected chi connectivity index (χ0v) is 9.48. The Kier molecular flexibility index (Phi) is 3.14. The number of hydrogen-bond acceptors (Lipinski definition) is 4. The fourth-order valence-electron chi connectivity index (χ4n) is 1.40. The number of benzene rings is 1. The first kappa shape index (κ1) is 10.7. The maximum Gasteiger partial charge on any atom is 0.231 e. The van der Waals surface area contributed by atoms with Gasteiger partial charge in [0.05, 0.1) is 6.10 Å². The van der Waals surface area contributed by atoms with Gasteiger partial charge in [0, 0.05) is 5.33 Å². The molecule has 2 unspecified atom stereocenters. The Morgan fingerprint density at radius 3 is 2.73 bits per heavy atom. The third-order valence-electron chi connectivity index (χ3n) is 2.26. The molecule has 1 heterocycles. The Morgan fingerprint density at radius 1 is 1.27 bits per heavy atom. The van der Waals surface area contributed by atoms with Crippen molar-refractivity contribution in [3.63, 3.8) is 0 Å². The van der Waals surface area contributed by atoms with Crippen molar-refractivity contribution in [3.8, 4) is 11.5 Å². The highest BCUT2D eigenvalue weighted by Crippen LogP contribution is 2.34. The molecule has 1 aliphatic heterocycles. The van der Waals surface area contributed by atoms with E-state index in [9.17, 15) is 10.2 Å². The third-order valence-corrected chi connectivity index (χ3v) is 2.92. The van der Waals surface area contributed by atoms with Crippen LogP contribution in [-0.2, 0) is 0 Å². The van der Waals surface area contributed by atoms with Gasteiger partial charge in [0.25, 0.3) is 0 Å². The van der Waals surface area contributed by atoms with Crippen LogP contribution in [0.25, 0.3) is 0 Å². The molecule has 82 valence electrons. The summed E-state index contributed by atoms with van der Waals surface area (Å²) >= 11 is 3.11. The fraction of sp³-hybridized carbons (Fsp3) is 0.400. The van der Waals surface area contributed by atoms with Crippen LogP contribution in [0.3, 0.4) is 0 Å². The van der Waals surface area contributed by atoms with E-state index in [1.165, 1.54) is 0 Å². The summed E-state index contributed by atoms with van der Waals surface area (Å²) in [5.74, 6) is 1.27. The van der Waals surface area contributed by atoms with Crippen LogP contribution in [0.2, 0.25) is 0 Å². The van der Waals surface area contributed by atoms with Crippen molar-refractivity contribution < 1.29 is 19.7 Å². The summed E-state index contributed by atoms with van der Waals surface area (Å²) in [7, 11) is 0. The average Bonchev–Trinajstić information content (AvgIpc) is 2.73. The molecule has 0 aromatic heterocycles. The molecule has 2 atom stereocenters. The third kappa shape index (κ3) is 2.09. The minimum absolute atomic E-state index is 0.204. The number of aliphatic hydroxyl groups excluding tert-OH is 2. The lowest BCUT2D eigenvalue weighted by Gasteiger charge is -2.15. The van der Waals surface area contributed by atoms with E-state index in [4.69, 9.17) is 9.47 Å². The van der Waals surface area contributed by atoms with E-state index >= 15 is 0 Å². The van der Waals surface area contributed by atoms with Gasteiger partial charge in [0.2, 0.25) is 6.79 Å². The first-order valence-corrected chi connectivity index (χ1v) is 5.66. The Hall–Kier alpha value is -0.780. The predicted molar refractivity (Wildman–Crippen MR) is 57.3 cm³/mol. The van der Waals surface area contributed by atoms with Crippen molar-refractivity contribution in [2.75, 3.05) is 12.1 Å². The van der Waals surface area contributed by atoms with Crippen molar-refractivity contribution in [2.45, 2.75) is 12.2 Å². The summed E-state index contributed by atoms with van der Waals surface area (Å²) in [4.78, 5) is 0. The van der Waals surface area contributed by atoms with Crippen molar-refractivity contribution in [3.05, 3.63) is 23.8 Å². The summed E-state index contributed by atoms with van der Waals surface area (Å²) in [6, 6.07) is 5.12. The Morgan fingerprint density at radius 2 is 2.00 bits per heavy atom. The van der Waals surface area contributed by atoms with E-state index in [-0.39, 0.29) is 6.79 Å². The van der Waals surface area contributed by atoms with Crippen LogP contribution in [0.4, 0.5) is 0 Å². The molecule has 2 N–H and O–H groups in total. The summed E-state index contributed by atoms with van der Waals surface area (Å²) in [5.41, 5.74) is 0.617. The van der Waals surface area contributed by atoms with E-state index < -0.39 is 12.2 Å². The van der Waals surface area contributed by atoms with Crippen LogP contribution >= 0.6 is 15.9 Å². The van der Waals surface area contributed by atoms with E-state index in [0.717, 1.165) is 0 Å². The Balaban J connectivity index is 2.22. The summed E-state index contributed by atoms with van der Waals surface area (Å²) < 4.78 is 10.3. The molecule has 0 fully saturated rings. The quantitative estimate of drug-likeness (QED) is 0.814. The van der Waals surface area contributed by atoms with E-state index in [0.29, 0.717) is 22.4 Å². The molecule has 0 saturated carbocycles. The molecule has 5 heteroatoms. The minimum Gasteiger partial charge on any atom is -0.454 e. The Bertz CT molecular complexity index is 355. The van der Waals surface area contributed by atoms with E-state index in [2.05, 4.69) is 15.9 Å². The molecule has 0 aliphatic carbocycles. The second kappa shape index (κ2) is 4.38. The average molecular weight is 275 g/mol. The van der Waals surface area contributed by atoms with Gasteiger partial charge in [-0.15, -0.1) is 0 Å². The van der Waals surface area contributed by atoms with Gasteiger partial charge in [-0.05, 0) is 17.7 Å². The minimum atomic E-state index is -0.918. The van der Waals surface area contributed by atoms with Crippen molar-refractivity contribution in [2.24, 2.45) is 0 Å². The molecular formula is C10H11BrO4. The highest BCUT2D eigenvalue weighted by molar-refractivity contribution is 9.09. The second-order valence-corrected chi connectivity index (χ2v) is 3.93. The fourth-order valence-corrected chi connectivity index (χ4v) is 1.76. The van der Waals surface area contributed by atoms with Crippen molar-refractivity contribution in [1.29, 1.82) is 0 Å². The van der Waals surface area contributed by atoms with Gasteiger partial charge in [0.15, 0.2) is 11.5 Å². The molecule has 1 aromatic carbocycles. The van der Waals surface area contributed by atoms with Gasteiger partial charge < -0.3 is 19.7 Å². The number of aliphatic hydroxyl groups is 2. The zero-order chi connectivity index (χ0) is 10.8. The van der Waals surface area contributed by atoms with Crippen LogP contribution < -0.4 is 9.47 Å². The number of ether oxygens (including phenoxy) is 2. The van der Waals surface area contributed by atoms with Gasteiger partial charge >= 0.3 is 0 Å². The highest BCUT2D eigenvalue weighted by Gasteiger charge is 2.20. The number of alkyl halides is 1. The number of hydrogen-bond donors (Lipinski definition) is 2. The maximum absolute atomic E-state index is 9.74. The van der Waals surface area contributed by atoms with Crippen LogP contribution in [0.1, 0.15) is 11.7 Å². The Labute approximate surface area is 95.6 Å². The smallest absolute Gasteiger partial charge is 0.231 e. The van der Waals surface area contributed by atoms with Gasteiger partial charge in [-0.25, -0.2) is 0 Å². The molecule has 15 heavy (non-hydrogen) atoms. The monoisotopic (exact) mass is 274 g/mol. The number of rotatable bonds is 3. The van der Waals surface area contributed by atoms with Crippen molar-refractivity contribution >= 4 is 15.9 Å². The lowest BCUT2D eigenvalue weighted by atomic mass is 10.1. The van der Waals surface area contributed by atoms with Gasteiger partial charge in [-0.1, -0.05) is 22.0 Å². The molecule has 1 aromatic rings. The van der Waals surface area contributed by atoms with E-state index in [1.54, 1.807) is 18.2 Å². The van der Waals surface area contributed by atoms with Crippen LogP contribution in [-0.4, -0.2) is 28.4 Å². The lowest BCUT2D eigenvalue weighted by Crippen LogP contribution is -2.19. The van der Waals surface area contributed by atoms with Crippen LogP contribution in [0.15, 0.2) is 18.2 Å². The molecule has 0 amide bonds. The lowest BCUT2D eigenvalue weighted by molar-refractivity contribution is 0.0342. The molecule has 0 bridgehead atoms. The van der Waals surface area contributed by atoms with E-state index in [1.807, 2.05) is 0 Å². The topological polar surface area (TPSA) is 58.9 Å². The van der Waals surface area contributed by atoms with Gasteiger partial charge in [-0.3, -0.25) is 0 Å².